The van der Waals surface area contributed by atoms with E-state index in [0.717, 1.165) is 6.07 Å². The van der Waals surface area contributed by atoms with Crippen molar-refractivity contribution < 1.29 is 31.9 Å². The van der Waals surface area contributed by atoms with Gasteiger partial charge in [-0.3, -0.25) is 14.4 Å². The number of rotatable bonds is 7. The van der Waals surface area contributed by atoms with Crippen LogP contribution in [0.3, 0.4) is 0 Å². The van der Waals surface area contributed by atoms with Crippen molar-refractivity contribution in [3.8, 4) is 0 Å². The SMILES string of the molecule is CCN(C(=O)COC(=O)CNC(=O)c1ccccc1F)[C@@H]1CCS(=O)(=O)C1. The van der Waals surface area contributed by atoms with Crippen LogP contribution in [0.4, 0.5) is 4.39 Å². The van der Waals surface area contributed by atoms with E-state index >= 15 is 0 Å². The molecule has 1 fully saturated rings. The van der Waals surface area contributed by atoms with E-state index < -0.39 is 52.6 Å². The molecular weight excluding hydrogens is 379 g/mol. The summed E-state index contributed by atoms with van der Waals surface area (Å²) >= 11 is 0. The van der Waals surface area contributed by atoms with Gasteiger partial charge in [0.2, 0.25) is 0 Å². The Balaban J connectivity index is 1.80. The van der Waals surface area contributed by atoms with Gasteiger partial charge in [0.25, 0.3) is 11.8 Å². The molecule has 0 aliphatic carbocycles. The summed E-state index contributed by atoms with van der Waals surface area (Å²) in [5.74, 6) is -2.93. The van der Waals surface area contributed by atoms with E-state index in [1.54, 1.807) is 6.92 Å². The number of likely N-dealkylation sites (N-methyl/N-ethyl adjacent to an activating group) is 1. The second-order valence-corrected chi connectivity index (χ2v) is 8.29. The maximum atomic E-state index is 13.5. The van der Waals surface area contributed by atoms with Crippen molar-refractivity contribution in [3.05, 3.63) is 35.6 Å². The van der Waals surface area contributed by atoms with Gasteiger partial charge in [0.05, 0.1) is 17.1 Å². The molecule has 1 N–H and O–H groups in total. The number of nitrogens with one attached hydrogen (secondary N) is 1. The first-order chi connectivity index (χ1) is 12.7. The molecular formula is C17H21FN2O6S. The molecule has 1 aromatic rings. The number of benzene rings is 1. The second kappa shape index (κ2) is 8.94. The number of halogens is 1. The van der Waals surface area contributed by atoms with Gasteiger partial charge in [0, 0.05) is 12.6 Å². The number of carbonyl (C=O) groups is 3. The molecule has 2 amide bonds. The Labute approximate surface area is 156 Å². The Morgan fingerprint density at radius 2 is 2.00 bits per heavy atom. The van der Waals surface area contributed by atoms with Crippen molar-refractivity contribution in [2.45, 2.75) is 19.4 Å². The fourth-order valence-corrected chi connectivity index (χ4v) is 4.56. The molecule has 0 bridgehead atoms. The lowest BCUT2D eigenvalue weighted by atomic mass is 10.2. The average molecular weight is 400 g/mol. The lowest BCUT2D eigenvalue weighted by molar-refractivity contribution is -0.151. The first-order valence-corrected chi connectivity index (χ1v) is 10.2. The lowest BCUT2D eigenvalue weighted by Gasteiger charge is -2.26. The van der Waals surface area contributed by atoms with Gasteiger partial charge in [-0.05, 0) is 25.5 Å². The van der Waals surface area contributed by atoms with E-state index in [-0.39, 0.29) is 17.1 Å². The van der Waals surface area contributed by atoms with Crippen LogP contribution >= 0.6 is 0 Å². The van der Waals surface area contributed by atoms with E-state index in [9.17, 15) is 27.2 Å². The largest absolute Gasteiger partial charge is 0.454 e. The van der Waals surface area contributed by atoms with Gasteiger partial charge in [-0.2, -0.15) is 0 Å². The van der Waals surface area contributed by atoms with Crippen LogP contribution in [0.5, 0.6) is 0 Å². The molecule has 1 heterocycles. The first kappa shape index (κ1) is 20.8. The molecule has 1 saturated heterocycles. The zero-order chi connectivity index (χ0) is 20.0. The minimum atomic E-state index is -3.14. The van der Waals surface area contributed by atoms with Crippen molar-refractivity contribution >= 4 is 27.6 Å². The van der Waals surface area contributed by atoms with Gasteiger partial charge in [0.1, 0.15) is 12.4 Å². The normalized spacial score (nSPS) is 17.9. The Morgan fingerprint density at radius 3 is 2.59 bits per heavy atom. The molecule has 2 rings (SSSR count). The van der Waals surface area contributed by atoms with Crippen molar-refractivity contribution in [2.75, 3.05) is 31.2 Å². The third kappa shape index (κ3) is 5.75. The van der Waals surface area contributed by atoms with Crippen LogP contribution in [0.2, 0.25) is 0 Å². The number of amides is 2. The third-order valence-electron chi connectivity index (χ3n) is 4.18. The number of esters is 1. The van der Waals surface area contributed by atoms with Crippen LogP contribution < -0.4 is 5.32 Å². The average Bonchev–Trinajstić information content (AvgIpc) is 2.98. The zero-order valence-corrected chi connectivity index (χ0v) is 15.6. The van der Waals surface area contributed by atoms with E-state index in [2.05, 4.69) is 5.32 Å². The molecule has 10 heteroatoms. The fraction of sp³-hybridized carbons (Fsp3) is 0.471. The highest BCUT2D eigenvalue weighted by Crippen LogP contribution is 2.17. The van der Waals surface area contributed by atoms with Crippen molar-refractivity contribution in [1.29, 1.82) is 0 Å². The van der Waals surface area contributed by atoms with Crippen molar-refractivity contribution in [2.24, 2.45) is 0 Å². The van der Waals surface area contributed by atoms with E-state index in [4.69, 9.17) is 4.74 Å². The molecule has 1 atom stereocenters. The molecule has 0 spiro atoms. The second-order valence-electron chi connectivity index (χ2n) is 6.06. The van der Waals surface area contributed by atoms with E-state index in [0.29, 0.717) is 13.0 Å². The lowest BCUT2D eigenvalue weighted by Crippen LogP contribution is -2.43. The molecule has 8 nitrogen and oxygen atoms in total. The molecule has 0 aromatic heterocycles. The Morgan fingerprint density at radius 1 is 1.30 bits per heavy atom. The summed E-state index contributed by atoms with van der Waals surface area (Å²) in [6.07, 6.45) is 0.356. The van der Waals surface area contributed by atoms with Gasteiger partial charge >= 0.3 is 5.97 Å². The molecule has 1 aliphatic heterocycles. The number of hydrogen-bond acceptors (Lipinski definition) is 6. The van der Waals surface area contributed by atoms with E-state index in [1.807, 2.05) is 0 Å². The van der Waals surface area contributed by atoms with Crippen molar-refractivity contribution in [3.63, 3.8) is 0 Å². The highest BCUT2D eigenvalue weighted by molar-refractivity contribution is 7.91. The molecule has 27 heavy (non-hydrogen) atoms. The smallest absolute Gasteiger partial charge is 0.325 e. The highest BCUT2D eigenvalue weighted by atomic mass is 32.2. The molecule has 1 aromatic carbocycles. The van der Waals surface area contributed by atoms with Crippen LogP contribution in [0.15, 0.2) is 24.3 Å². The number of ether oxygens (including phenoxy) is 1. The molecule has 0 unspecified atom stereocenters. The summed E-state index contributed by atoms with van der Waals surface area (Å²) in [7, 11) is -3.14. The van der Waals surface area contributed by atoms with Crippen LogP contribution in [-0.2, 0) is 24.2 Å². The quantitative estimate of drug-likeness (QED) is 0.652. The van der Waals surface area contributed by atoms with Crippen LogP contribution in [0.1, 0.15) is 23.7 Å². The third-order valence-corrected chi connectivity index (χ3v) is 5.93. The molecule has 0 radical (unpaired) electrons. The summed E-state index contributed by atoms with van der Waals surface area (Å²) in [5.41, 5.74) is -0.207. The summed E-state index contributed by atoms with van der Waals surface area (Å²) in [6.45, 7) is 0.920. The minimum Gasteiger partial charge on any atom is -0.454 e. The fourth-order valence-electron chi connectivity index (χ4n) is 2.83. The summed E-state index contributed by atoms with van der Waals surface area (Å²) in [6, 6.07) is 4.88. The van der Waals surface area contributed by atoms with Crippen LogP contribution in [-0.4, -0.2) is 68.3 Å². The summed E-state index contributed by atoms with van der Waals surface area (Å²) in [4.78, 5) is 37.1. The highest BCUT2D eigenvalue weighted by Gasteiger charge is 2.34. The maximum absolute atomic E-state index is 13.5. The van der Waals surface area contributed by atoms with Crippen molar-refractivity contribution in [1.82, 2.24) is 10.2 Å². The Kier molecular flexibility index (Phi) is 6.89. The van der Waals surface area contributed by atoms with E-state index in [1.165, 1.54) is 23.1 Å². The molecule has 148 valence electrons. The van der Waals surface area contributed by atoms with Gasteiger partial charge in [0.15, 0.2) is 16.4 Å². The van der Waals surface area contributed by atoms with Gasteiger partial charge in [-0.1, -0.05) is 12.1 Å². The topological polar surface area (TPSA) is 110 Å². The number of carbonyl (C=O) groups excluding carboxylic acids is 3. The maximum Gasteiger partial charge on any atom is 0.325 e. The first-order valence-electron chi connectivity index (χ1n) is 8.41. The minimum absolute atomic E-state index is 0.0311. The molecule has 0 saturated carbocycles. The Bertz CT molecular complexity index is 826. The predicted molar refractivity (Wildman–Crippen MR) is 94.1 cm³/mol. The molecule has 1 aliphatic rings. The summed E-state index contributed by atoms with van der Waals surface area (Å²) < 4.78 is 41.4. The standard InChI is InChI=1S/C17H21FN2O6S/c1-2-20(12-7-8-27(24,25)11-12)15(21)10-26-16(22)9-19-17(23)13-5-3-4-6-14(13)18/h3-6,12H,2,7-11H2,1H3,(H,19,23)/t12-/m1/s1. The summed E-state index contributed by atoms with van der Waals surface area (Å²) in [5, 5.41) is 2.21. The number of hydrogen-bond donors (Lipinski definition) is 1. The van der Waals surface area contributed by atoms with Gasteiger partial charge < -0.3 is 15.0 Å². The van der Waals surface area contributed by atoms with Gasteiger partial charge in [-0.25, -0.2) is 12.8 Å². The van der Waals surface area contributed by atoms with Crippen LogP contribution in [0, 0.1) is 5.82 Å². The number of sulfone groups is 1. The van der Waals surface area contributed by atoms with Gasteiger partial charge in [-0.15, -0.1) is 0 Å². The Hall–Kier alpha value is -2.49. The van der Waals surface area contributed by atoms with Crippen LogP contribution in [0.25, 0.3) is 0 Å². The number of nitrogens with zero attached hydrogens (tertiary/aromatic N) is 1. The monoisotopic (exact) mass is 400 g/mol. The predicted octanol–water partition coefficient (Wildman–Crippen LogP) is 0.134. The zero-order valence-electron chi connectivity index (χ0n) is 14.8.